The number of aromatic amines is 1. The molecule has 162 valence electrons. The molecule has 0 saturated carbocycles. The van der Waals surface area contributed by atoms with E-state index >= 15 is 0 Å². The Balaban J connectivity index is 1.65. The van der Waals surface area contributed by atoms with Crippen LogP contribution in [0.15, 0.2) is 55.5 Å². The lowest BCUT2D eigenvalue weighted by Crippen LogP contribution is -2.38. The minimum Gasteiger partial charge on any atom is -0.339 e. The van der Waals surface area contributed by atoms with E-state index in [1.54, 1.807) is 12.4 Å². The molecule has 8 heteroatoms. The van der Waals surface area contributed by atoms with Gasteiger partial charge in [0.1, 0.15) is 5.69 Å². The van der Waals surface area contributed by atoms with Crippen molar-refractivity contribution in [1.82, 2.24) is 29.9 Å². The number of amides is 1. The SMILES string of the molecule is C=CC(=O)N1CCC(n2nc(-c3cccnc3)c(-c3c(Cl)ccc4[nH]ncc34)c2C)CC1. The minimum absolute atomic E-state index is 0.0178. The minimum atomic E-state index is -0.0178. The molecule has 7 nitrogen and oxygen atoms in total. The fourth-order valence-electron chi connectivity index (χ4n) is 4.58. The van der Waals surface area contributed by atoms with Gasteiger partial charge in [0.2, 0.25) is 5.91 Å². The van der Waals surface area contributed by atoms with Crippen molar-refractivity contribution in [3.63, 3.8) is 0 Å². The molecule has 0 atom stereocenters. The zero-order valence-electron chi connectivity index (χ0n) is 17.8. The Morgan fingerprint density at radius 1 is 1.22 bits per heavy atom. The third-order valence-electron chi connectivity index (χ3n) is 6.20. The number of hydrogen-bond donors (Lipinski definition) is 1. The molecule has 5 rings (SSSR count). The summed E-state index contributed by atoms with van der Waals surface area (Å²) in [6.45, 7) is 7.06. The molecular formula is C24H23ClN6O. The normalized spacial score (nSPS) is 14.8. The summed E-state index contributed by atoms with van der Waals surface area (Å²) in [6, 6.07) is 7.94. The number of carbonyl (C=O) groups is 1. The maximum Gasteiger partial charge on any atom is 0.245 e. The van der Waals surface area contributed by atoms with Gasteiger partial charge in [0.25, 0.3) is 0 Å². The standard InChI is InChI=1S/C24H23ClN6O/c1-3-21(32)30-11-8-17(9-12-30)31-15(2)22(24(29-31)16-5-4-10-26-13-16)23-18-14-27-28-20(18)7-6-19(23)25/h3-7,10,13-14,17H,1,8-9,11-12H2,2H3,(H,27,28). The molecule has 1 aromatic carbocycles. The van der Waals surface area contributed by atoms with Crippen molar-refractivity contribution < 1.29 is 4.79 Å². The quantitative estimate of drug-likeness (QED) is 0.456. The second-order valence-corrected chi connectivity index (χ2v) is 8.42. The molecular weight excluding hydrogens is 424 g/mol. The van der Waals surface area contributed by atoms with Crippen molar-refractivity contribution in [2.75, 3.05) is 13.1 Å². The fraction of sp³-hybridized carbons (Fsp3) is 0.250. The van der Waals surface area contributed by atoms with Gasteiger partial charge in [0, 0.05) is 58.3 Å². The molecule has 0 unspecified atom stereocenters. The number of piperidine rings is 1. The van der Waals surface area contributed by atoms with Crippen LogP contribution >= 0.6 is 11.6 Å². The van der Waals surface area contributed by atoms with E-state index < -0.39 is 0 Å². The zero-order valence-corrected chi connectivity index (χ0v) is 18.5. The van der Waals surface area contributed by atoms with Gasteiger partial charge in [-0.05, 0) is 50.1 Å². The average molecular weight is 447 g/mol. The third kappa shape index (κ3) is 3.39. The van der Waals surface area contributed by atoms with Gasteiger partial charge >= 0.3 is 0 Å². The Kier molecular flexibility index (Phi) is 5.27. The van der Waals surface area contributed by atoms with Gasteiger partial charge in [-0.15, -0.1) is 0 Å². The molecule has 32 heavy (non-hydrogen) atoms. The molecule has 3 aromatic heterocycles. The Labute approximate surface area is 190 Å². The number of pyridine rings is 1. The van der Waals surface area contributed by atoms with Gasteiger partial charge in [-0.2, -0.15) is 10.2 Å². The second-order valence-electron chi connectivity index (χ2n) is 8.01. The third-order valence-corrected chi connectivity index (χ3v) is 6.52. The van der Waals surface area contributed by atoms with Crippen molar-refractivity contribution in [3.05, 3.63) is 66.2 Å². The first-order chi connectivity index (χ1) is 15.6. The van der Waals surface area contributed by atoms with Crippen molar-refractivity contribution in [2.24, 2.45) is 0 Å². The van der Waals surface area contributed by atoms with Gasteiger partial charge in [-0.3, -0.25) is 19.6 Å². The van der Waals surface area contributed by atoms with Crippen LogP contribution in [0.5, 0.6) is 0 Å². The number of nitrogens with zero attached hydrogens (tertiary/aromatic N) is 5. The molecule has 4 heterocycles. The molecule has 1 aliphatic heterocycles. The summed E-state index contributed by atoms with van der Waals surface area (Å²) in [6.07, 6.45) is 8.42. The number of carbonyl (C=O) groups excluding carboxylic acids is 1. The molecule has 1 aliphatic rings. The molecule has 1 amide bonds. The predicted molar refractivity (Wildman–Crippen MR) is 125 cm³/mol. The van der Waals surface area contributed by atoms with Gasteiger partial charge in [0.05, 0.1) is 17.8 Å². The molecule has 1 saturated heterocycles. The van der Waals surface area contributed by atoms with Crippen molar-refractivity contribution in [1.29, 1.82) is 0 Å². The van der Waals surface area contributed by atoms with Crippen molar-refractivity contribution >= 4 is 28.4 Å². The largest absolute Gasteiger partial charge is 0.339 e. The van der Waals surface area contributed by atoms with Crippen LogP contribution in [0.4, 0.5) is 0 Å². The maximum absolute atomic E-state index is 12.0. The summed E-state index contributed by atoms with van der Waals surface area (Å²) in [7, 11) is 0. The summed E-state index contributed by atoms with van der Waals surface area (Å²) >= 11 is 6.74. The van der Waals surface area contributed by atoms with Crippen LogP contribution in [0, 0.1) is 6.92 Å². The summed E-state index contributed by atoms with van der Waals surface area (Å²) in [5.41, 5.74) is 5.63. The second kappa shape index (κ2) is 8.24. The van der Waals surface area contributed by atoms with Gasteiger partial charge in [-0.25, -0.2) is 0 Å². The Morgan fingerprint density at radius 2 is 2.03 bits per heavy atom. The van der Waals surface area contributed by atoms with Crippen LogP contribution in [0.25, 0.3) is 33.3 Å². The van der Waals surface area contributed by atoms with E-state index in [9.17, 15) is 4.79 Å². The van der Waals surface area contributed by atoms with E-state index in [0.29, 0.717) is 18.1 Å². The summed E-state index contributed by atoms with van der Waals surface area (Å²) in [5, 5.41) is 13.9. The average Bonchev–Trinajstić information content (AvgIpc) is 3.44. The number of nitrogens with one attached hydrogen (secondary N) is 1. The smallest absolute Gasteiger partial charge is 0.245 e. The highest BCUT2D eigenvalue weighted by molar-refractivity contribution is 6.35. The lowest BCUT2D eigenvalue weighted by Gasteiger charge is -2.32. The summed E-state index contributed by atoms with van der Waals surface area (Å²) < 4.78 is 2.10. The molecule has 4 aromatic rings. The predicted octanol–water partition coefficient (Wildman–Crippen LogP) is 4.80. The van der Waals surface area contributed by atoms with E-state index in [1.807, 2.05) is 35.4 Å². The highest BCUT2D eigenvalue weighted by atomic mass is 35.5. The summed E-state index contributed by atoms with van der Waals surface area (Å²) in [5.74, 6) is -0.0178. The van der Waals surface area contributed by atoms with Crippen LogP contribution in [0.1, 0.15) is 24.6 Å². The Bertz CT molecular complexity index is 1300. The number of likely N-dealkylation sites (tertiary alicyclic amines) is 1. The van der Waals surface area contributed by atoms with Gasteiger partial charge in [-0.1, -0.05) is 18.2 Å². The number of rotatable bonds is 4. The number of benzene rings is 1. The van der Waals surface area contributed by atoms with Crippen LogP contribution in [0.2, 0.25) is 5.02 Å². The van der Waals surface area contributed by atoms with E-state index in [-0.39, 0.29) is 11.9 Å². The number of aromatic nitrogens is 5. The van der Waals surface area contributed by atoms with Crippen LogP contribution in [-0.2, 0) is 4.79 Å². The van der Waals surface area contributed by atoms with E-state index in [2.05, 4.69) is 33.4 Å². The lowest BCUT2D eigenvalue weighted by atomic mass is 9.96. The topological polar surface area (TPSA) is 79.7 Å². The van der Waals surface area contributed by atoms with Gasteiger partial charge in [0.15, 0.2) is 0 Å². The molecule has 1 N–H and O–H groups in total. The van der Waals surface area contributed by atoms with Gasteiger partial charge < -0.3 is 4.90 Å². The Hall–Kier alpha value is -3.45. The van der Waals surface area contributed by atoms with Crippen LogP contribution in [0.3, 0.4) is 0 Å². The monoisotopic (exact) mass is 446 g/mol. The van der Waals surface area contributed by atoms with Crippen molar-refractivity contribution in [3.8, 4) is 22.4 Å². The first-order valence-corrected chi connectivity index (χ1v) is 11.0. The molecule has 0 bridgehead atoms. The van der Waals surface area contributed by atoms with E-state index in [4.69, 9.17) is 16.7 Å². The zero-order chi connectivity index (χ0) is 22.2. The summed E-state index contributed by atoms with van der Waals surface area (Å²) in [4.78, 5) is 18.1. The fourth-order valence-corrected chi connectivity index (χ4v) is 4.84. The highest BCUT2D eigenvalue weighted by Gasteiger charge is 2.28. The van der Waals surface area contributed by atoms with Crippen LogP contribution in [-0.4, -0.2) is 48.9 Å². The van der Waals surface area contributed by atoms with E-state index in [1.165, 1.54) is 6.08 Å². The number of H-pyrrole nitrogens is 1. The Morgan fingerprint density at radius 3 is 2.75 bits per heavy atom. The molecule has 1 fully saturated rings. The highest BCUT2D eigenvalue weighted by Crippen LogP contribution is 2.43. The van der Waals surface area contributed by atoms with Crippen molar-refractivity contribution in [2.45, 2.75) is 25.8 Å². The maximum atomic E-state index is 12.0. The molecule has 0 spiro atoms. The number of hydrogen-bond acceptors (Lipinski definition) is 4. The number of halogens is 1. The van der Waals surface area contributed by atoms with E-state index in [0.717, 1.165) is 51.8 Å². The lowest BCUT2D eigenvalue weighted by molar-refractivity contribution is -0.127. The molecule has 0 radical (unpaired) electrons. The van der Waals surface area contributed by atoms with Crippen LogP contribution < -0.4 is 0 Å². The first-order valence-electron chi connectivity index (χ1n) is 10.6. The number of fused-ring (bicyclic) bond motifs is 1. The molecule has 0 aliphatic carbocycles. The first kappa shape index (κ1) is 20.5.